The first-order valence-electron chi connectivity index (χ1n) is 32.4. The molecule has 14 atom stereocenters. The maximum Gasteiger partial charge on any atom is 0.246 e. The van der Waals surface area contributed by atoms with Gasteiger partial charge in [0.25, 0.3) is 0 Å². The van der Waals surface area contributed by atoms with E-state index in [9.17, 15) is 53.4 Å². The SMILES string of the molecule is CCC[C@@H]1NC(=O)C([C@H](O)[C@H](C)CC)N(C)C(=O)[C@H](C(C)C)N(C)C(=O)[C@H](CC(C)C)N(C)C(=O)[C@H](CC(C)C)N(C)C(=O)[C@@H](C)NC(=O)[C@H](C)NC(=O)[C@H](CC(C)C)N(C)C(=O)[C@H](C(C)C)NC(=O)[C@H]([C@H](C)COCC(C)(C)O)N(C)C(=O)[C@@H](C)N(C)C1=O. The van der Waals surface area contributed by atoms with Crippen molar-refractivity contribution in [2.45, 2.75) is 248 Å². The molecular weight excluding hydrogens is 1160 g/mol. The van der Waals surface area contributed by atoms with Gasteiger partial charge in [-0.05, 0) is 95.8 Å². The van der Waals surface area contributed by atoms with E-state index >= 15 is 9.59 Å². The van der Waals surface area contributed by atoms with Gasteiger partial charge in [0.15, 0.2) is 0 Å². The summed E-state index contributed by atoms with van der Waals surface area (Å²) < 4.78 is 5.86. The van der Waals surface area contributed by atoms with Gasteiger partial charge in [-0.2, -0.15) is 0 Å². The molecule has 0 radical (unpaired) electrons. The number of carbonyl (C=O) groups is 11. The summed E-state index contributed by atoms with van der Waals surface area (Å²) in [5, 5.41) is 33.6. The Balaban J connectivity index is 4.45. The van der Waals surface area contributed by atoms with Crippen LogP contribution < -0.4 is 21.3 Å². The summed E-state index contributed by atoms with van der Waals surface area (Å²) in [5.41, 5.74) is -1.26. The minimum Gasteiger partial charge on any atom is -0.390 e. The highest BCUT2D eigenvalue weighted by atomic mass is 16.5. The van der Waals surface area contributed by atoms with Gasteiger partial charge in [-0.25, -0.2) is 0 Å². The van der Waals surface area contributed by atoms with Crippen LogP contribution in [0.15, 0.2) is 0 Å². The van der Waals surface area contributed by atoms with Gasteiger partial charge in [-0.3, -0.25) is 52.7 Å². The predicted octanol–water partition coefficient (Wildman–Crippen LogP) is 2.87. The van der Waals surface area contributed by atoms with E-state index < -0.39 is 167 Å². The fourth-order valence-corrected chi connectivity index (χ4v) is 11.3. The number of nitrogens with zero attached hydrogens (tertiary/aromatic N) is 7. The second-order valence-electron chi connectivity index (χ2n) is 28.1. The van der Waals surface area contributed by atoms with Crippen molar-refractivity contribution >= 4 is 65.0 Å². The lowest BCUT2D eigenvalue weighted by molar-refractivity contribution is -0.157. The van der Waals surface area contributed by atoms with Gasteiger partial charge in [0.2, 0.25) is 65.0 Å². The zero-order valence-corrected chi connectivity index (χ0v) is 59.6. The van der Waals surface area contributed by atoms with E-state index in [0.29, 0.717) is 12.8 Å². The Morgan fingerprint density at radius 3 is 1.36 bits per heavy atom. The third-order valence-electron chi connectivity index (χ3n) is 17.2. The Hall–Kier alpha value is -5.95. The topological polar surface area (TPSA) is 308 Å². The van der Waals surface area contributed by atoms with Gasteiger partial charge in [0.1, 0.15) is 66.5 Å². The van der Waals surface area contributed by atoms with Gasteiger partial charge in [0.05, 0.1) is 24.9 Å². The monoisotopic (exact) mass is 1280 g/mol. The minimum atomic E-state index is -1.62. The van der Waals surface area contributed by atoms with Gasteiger partial charge in [0, 0.05) is 55.3 Å². The third kappa shape index (κ3) is 22.7. The van der Waals surface area contributed by atoms with E-state index in [4.69, 9.17) is 4.74 Å². The summed E-state index contributed by atoms with van der Waals surface area (Å²) in [4.78, 5) is 171. The van der Waals surface area contributed by atoms with Crippen molar-refractivity contribution < 1.29 is 67.7 Å². The van der Waals surface area contributed by atoms with Gasteiger partial charge in [-0.15, -0.1) is 0 Å². The quantitative estimate of drug-likeness (QED) is 0.115. The summed E-state index contributed by atoms with van der Waals surface area (Å²) >= 11 is 0. The van der Waals surface area contributed by atoms with Crippen molar-refractivity contribution in [3.63, 3.8) is 0 Å². The van der Waals surface area contributed by atoms with E-state index in [1.165, 1.54) is 104 Å². The molecule has 0 aromatic carbocycles. The van der Waals surface area contributed by atoms with Crippen molar-refractivity contribution in [1.29, 1.82) is 0 Å². The van der Waals surface area contributed by atoms with Crippen LogP contribution in [0, 0.1) is 41.4 Å². The van der Waals surface area contributed by atoms with Gasteiger partial charge >= 0.3 is 0 Å². The molecular formula is C65H119N11O14. The van der Waals surface area contributed by atoms with Crippen LogP contribution in [0.5, 0.6) is 0 Å². The molecule has 0 bridgehead atoms. The zero-order valence-electron chi connectivity index (χ0n) is 59.6. The van der Waals surface area contributed by atoms with Crippen LogP contribution in [0.3, 0.4) is 0 Å². The highest BCUT2D eigenvalue weighted by Gasteiger charge is 2.46. The van der Waals surface area contributed by atoms with Crippen LogP contribution in [0.2, 0.25) is 0 Å². The molecule has 0 spiro atoms. The largest absolute Gasteiger partial charge is 0.390 e. The molecule has 1 fully saturated rings. The molecule has 1 rings (SSSR count). The molecule has 0 aromatic heterocycles. The van der Waals surface area contributed by atoms with E-state index in [-0.39, 0.29) is 56.7 Å². The maximum absolute atomic E-state index is 15.2. The molecule has 1 unspecified atom stereocenters. The van der Waals surface area contributed by atoms with Crippen molar-refractivity contribution in [3.05, 3.63) is 0 Å². The number of aliphatic hydroxyl groups excluding tert-OH is 1. The molecule has 11 amide bonds. The van der Waals surface area contributed by atoms with Crippen LogP contribution in [-0.2, 0) is 57.5 Å². The van der Waals surface area contributed by atoms with Crippen molar-refractivity contribution in [1.82, 2.24) is 55.6 Å². The lowest BCUT2D eigenvalue weighted by Crippen LogP contribution is -2.64. The fraction of sp³-hybridized carbons (Fsp3) is 0.831. The van der Waals surface area contributed by atoms with Gasteiger partial charge < -0.3 is 70.5 Å². The van der Waals surface area contributed by atoms with E-state index in [1.807, 2.05) is 41.5 Å². The average Bonchev–Trinajstić information content (AvgIpc) is 1.64. The first-order valence-corrected chi connectivity index (χ1v) is 32.4. The molecule has 1 aliphatic rings. The number of nitrogens with one attached hydrogen (secondary N) is 4. The van der Waals surface area contributed by atoms with Crippen molar-refractivity contribution in [2.24, 2.45) is 41.4 Å². The molecule has 6 N–H and O–H groups in total. The summed E-state index contributed by atoms with van der Waals surface area (Å²) in [7, 11) is 9.82. The van der Waals surface area contributed by atoms with E-state index in [1.54, 1.807) is 55.4 Å². The van der Waals surface area contributed by atoms with E-state index in [2.05, 4.69) is 21.3 Å². The Morgan fingerprint density at radius 2 is 0.900 bits per heavy atom. The first-order chi connectivity index (χ1) is 41.3. The summed E-state index contributed by atoms with van der Waals surface area (Å²) in [6, 6.07) is -14.2. The lowest BCUT2D eigenvalue weighted by Gasteiger charge is -2.41. The predicted molar refractivity (Wildman–Crippen MR) is 345 cm³/mol. The molecule has 1 aliphatic heterocycles. The summed E-state index contributed by atoms with van der Waals surface area (Å²) in [6.45, 7) is 32.0. The molecule has 25 heteroatoms. The smallest absolute Gasteiger partial charge is 0.246 e. The molecule has 25 nitrogen and oxygen atoms in total. The number of hydrogen-bond donors (Lipinski definition) is 6. The van der Waals surface area contributed by atoms with Crippen LogP contribution in [0.25, 0.3) is 0 Å². The van der Waals surface area contributed by atoms with E-state index in [0.717, 1.165) is 14.7 Å². The Labute approximate surface area is 538 Å². The number of ether oxygens (including phenoxy) is 1. The average molecular weight is 1280 g/mol. The zero-order chi connectivity index (χ0) is 70.1. The number of rotatable bonds is 18. The van der Waals surface area contributed by atoms with Crippen molar-refractivity contribution in [2.75, 3.05) is 62.5 Å². The van der Waals surface area contributed by atoms with Crippen LogP contribution >= 0.6 is 0 Å². The maximum atomic E-state index is 15.2. The van der Waals surface area contributed by atoms with Crippen molar-refractivity contribution in [3.8, 4) is 0 Å². The number of likely N-dealkylation sites (N-methyl/N-ethyl adjacent to an activating group) is 7. The Bertz CT molecular complexity index is 2430. The molecule has 1 heterocycles. The minimum absolute atomic E-state index is 0.0548. The molecule has 1 saturated heterocycles. The van der Waals surface area contributed by atoms with Crippen LogP contribution in [0.4, 0.5) is 0 Å². The molecule has 0 aromatic rings. The Morgan fingerprint density at radius 1 is 0.467 bits per heavy atom. The fourth-order valence-electron chi connectivity index (χ4n) is 11.3. The number of amides is 11. The summed E-state index contributed by atoms with van der Waals surface area (Å²) in [6.07, 6.45) is -0.301. The highest BCUT2D eigenvalue weighted by molar-refractivity contribution is 6.00. The third-order valence-corrected chi connectivity index (χ3v) is 17.2. The first kappa shape index (κ1) is 82.1. The Kier molecular flexibility index (Phi) is 33.1. The normalized spacial score (nSPS) is 27.3. The number of carbonyl (C=O) groups excluding carboxylic acids is 11. The lowest BCUT2D eigenvalue weighted by atomic mass is 9.92. The summed E-state index contributed by atoms with van der Waals surface area (Å²) in [5.74, 6) is -10.9. The molecule has 0 saturated carbocycles. The van der Waals surface area contributed by atoms with Crippen LogP contribution in [0.1, 0.15) is 170 Å². The standard InChI is InChI=1S/C65H119N11O14/c1-27-29-45-60(84)70(20)44(17)59(83)75(25)51(41(14)33-90-34-65(18,19)89)56(80)69-49(38(9)10)63(87)71(21)46(30-35(3)4)55(79)66-42(15)54(78)67-43(16)58(82)72(22)47(31-36(5)6)61(85)73(23)48(32-37(7)8)62(86)74(24)50(39(11)12)64(88)76(26)52(57(81)68-45)53(77)40(13)28-2/h35-53,77,89H,27-34H2,1-26H3,(H,66,79)(H,67,78)(H,68,81)(H,69,80)/t40-,41-,42+,43-,44-,45+,46+,47+,48+,49+,50+,51+,52?,53-/m1/s1. The molecule has 0 aliphatic carbocycles. The number of aliphatic hydroxyl groups is 2. The number of hydrogen-bond acceptors (Lipinski definition) is 14. The molecule has 518 valence electrons. The second kappa shape index (κ2) is 36.3. The molecule has 90 heavy (non-hydrogen) atoms. The highest BCUT2D eigenvalue weighted by Crippen LogP contribution is 2.26. The second-order valence-corrected chi connectivity index (χ2v) is 28.1. The van der Waals surface area contributed by atoms with Gasteiger partial charge in [-0.1, -0.05) is 110 Å². The van der Waals surface area contributed by atoms with Crippen LogP contribution in [-0.4, -0.2) is 250 Å².